The van der Waals surface area contributed by atoms with Gasteiger partial charge in [-0.05, 0) is 73.7 Å². The molecule has 0 unspecified atom stereocenters. The number of thioether (sulfide) groups is 1. The van der Waals surface area contributed by atoms with Gasteiger partial charge < -0.3 is 15.1 Å². The molecular weight excluding hydrogens is 606 g/mol. The zero-order valence-electron chi connectivity index (χ0n) is 21.8. The monoisotopic (exact) mass is 629 g/mol. The minimum Gasteiger partial charge on any atom is -0.462 e. The van der Waals surface area contributed by atoms with Crippen molar-refractivity contribution in [3.63, 3.8) is 0 Å². The van der Waals surface area contributed by atoms with Crippen LogP contribution in [0.25, 0.3) is 6.08 Å². The molecule has 1 aliphatic heterocycles. The highest BCUT2D eigenvalue weighted by atomic mass is 79.9. The summed E-state index contributed by atoms with van der Waals surface area (Å²) in [6.07, 6.45) is 1.53. The van der Waals surface area contributed by atoms with Crippen molar-refractivity contribution in [2.75, 3.05) is 10.2 Å². The van der Waals surface area contributed by atoms with Gasteiger partial charge in [0.1, 0.15) is 17.2 Å². The maximum atomic E-state index is 13.3. The lowest BCUT2D eigenvalue weighted by molar-refractivity contribution is -0.121. The molecule has 8 nitrogen and oxygen atoms in total. The molecule has 0 radical (unpaired) electrons. The first-order valence-electron chi connectivity index (χ1n) is 12.6. The summed E-state index contributed by atoms with van der Waals surface area (Å²) in [4.78, 5) is 53.8. The predicted molar refractivity (Wildman–Crippen MR) is 161 cm³/mol. The van der Waals surface area contributed by atoms with Gasteiger partial charge in [0.2, 0.25) is 11.8 Å². The van der Waals surface area contributed by atoms with E-state index in [4.69, 9.17) is 4.42 Å². The van der Waals surface area contributed by atoms with Gasteiger partial charge >= 0.3 is 0 Å². The van der Waals surface area contributed by atoms with Crippen molar-refractivity contribution < 1.29 is 23.6 Å². The number of benzene rings is 3. The number of furan rings is 1. The Morgan fingerprint density at radius 2 is 1.73 bits per heavy atom. The van der Waals surface area contributed by atoms with E-state index in [0.717, 1.165) is 4.47 Å². The standard InChI is InChI=1S/C31H24BrN3O5S/c1-19-10-15-24(40-19)17-26(34-29(37)20-6-3-2-4-7-20)30(38)33-22-8-5-9-25(16-22)41-27-18-28(36)35(31(27)39)23-13-11-21(32)12-14-23/h2-17,27H,18H2,1H3,(H,33,38)(H,34,37)/b26-17-/t27-/m1/s1. The molecule has 2 heterocycles. The number of amides is 4. The summed E-state index contributed by atoms with van der Waals surface area (Å²) in [6.45, 7) is 1.78. The number of imide groups is 1. The molecule has 3 aromatic carbocycles. The summed E-state index contributed by atoms with van der Waals surface area (Å²) in [5.41, 5.74) is 1.37. The van der Waals surface area contributed by atoms with Gasteiger partial charge in [-0.2, -0.15) is 0 Å². The minimum absolute atomic E-state index is 0.00651. The number of hydrogen-bond acceptors (Lipinski definition) is 6. The van der Waals surface area contributed by atoms with Gasteiger partial charge in [0, 0.05) is 33.1 Å². The fraction of sp³-hybridized carbons (Fsp3) is 0.0968. The van der Waals surface area contributed by atoms with Gasteiger partial charge in [-0.25, -0.2) is 4.90 Å². The molecule has 0 saturated carbocycles. The van der Waals surface area contributed by atoms with Crippen molar-refractivity contribution in [3.8, 4) is 0 Å². The topological polar surface area (TPSA) is 109 Å². The molecule has 0 aliphatic carbocycles. The second-order valence-electron chi connectivity index (χ2n) is 9.16. The molecule has 1 saturated heterocycles. The van der Waals surface area contributed by atoms with Crippen molar-refractivity contribution in [1.82, 2.24) is 5.32 Å². The number of carbonyl (C=O) groups is 4. The molecule has 2 N–H and O–H groups in total. The Balaban J connectivity index is 1.31. The molecule has 41 heavy (non-hydrogen) atoms. The molecule has 1 aliphatic rings. The van der Waals surface area contributed by atoms with Crippen LogP contribution in [-0.4, -0.2) is 28.9 Å². The highest BCUT2D eigenvalue weighted by Crippen LogP contribution is 2.35. The summed E-state index contributed by atoms with van der Waals surface area (Å²) in [5.74, 6) is -0.493. The van der Waals surface area contributed by atoms with E-state index in [1.165, 1.54) is 22.7 Å². The van der Waals surface area contributed by atoms with Gasteiger partial charge in [-0.15, -0.1) is 11.8 Å². The Labute approximate surface area is 248 Å². The van der Waals surface area contributed by atoms with E-state index in [0.29, 0.717) is 33.4 Å². The van der Waals surface area contributed by atoms with Crippen molar-refractivity contribution in [2.45, 2.75) is 23.5 Å². The zero-order valence-corrected chi connectivity index (χ0v) is 24.2. The lowest BCUT2D eigenvalue weighted by Crippen LogP contribution is -2.31. The van der Waals surface area contributed by atoms with Gasteiger partial charge in [0.15, 0.2) is 0 Å². The van der Waals surface area contributed by atoms with Crippen LogP contribution in [0.1, 0.15) is 28.3 Å². The Hall–Kier alpha value is -4.41. The highest BCUT2D eigenvalue weighted by molar-refractivity contribution is 9.10. The van der Waals surface area contributed by atoms with Crippen LogP contribution >= 0.6 is 27.7 Å². The molecule has 4 amide bonds. The maximum absolute atomic E-state index is 13.3. The number of rotatable bonds is 8. The van der Waals surface area contributed by atoms with E-state index >= 15 is 0 Å². The first-order chi connectivity index (χ1) is 19.8. The van der Waals surface area contributed by atoms with Gasteiger partial charge in [-0.1, -0.05) is 40.2 Å². The smallest absolute Gasteiger partial charge is 0.272 e. The maximum Gasteiger partial charge on any atom is 0.272 e. The van der Waals surface area contributed by atoms with Crippen molar-refractivity contribution >= 4 is 68.8 Å². The van der Waals surface area contributed by atoms with E-state index in [1.807, 2.05) is 0 Å². The number of anilines is 2. The molecule has 4 aromatic rings. The van der Waals surface area contributed by atoms with Crippen LogP contribution in [0.5, 0.6) is 0 Å². The molecule has 0 bridgehead atoms. The second kappa shape index (κ2) is 12.4. The Kier molecular flexibility index (Phi) is 8.51. The number of nitrogens with one attached hydrogen (secondary N) is 2. The van der Waals surface area contributed by atoms with Crippen molar-refractivity contribution in [2.24, 2.45) is 0 Å². The number of halogens is 1. The van der Waals surface area contributed by atoms with Crippen LogP contribution in [0.2, 0.25) is 0 Å². The van der Waals surface area contributed by atoms with Crippen LogP contribution in [-0.2, 0) is 14.4 Å². The SMILES string of the molecule is Cc1ccc(/C=C(\NC(=O)c2ccccc2)C(=O)Nc2cccc(S[C@@H]3CC(=O)N(c4ccc(Br)cc4)C3=O)c2)o1. The second-order valence-corrected chi connectivity index (χ2v) is 11.4. The first kappa shape index (κ1) is 28.1. The lowest BCUT2D eigenvalue weighted by Gasteiger charge is -2.15. The number of hydrogen-bond donors (Lipinski definition) is 2. The summed E-state index contributed by atoms with van der Waals surface area (Å²) in [6, 6.07) is 26.0. The van der Waals surface area contributed by atoms with Gasteiger partial charge in [-0.3, -0.25) is 19.2 Å². The summed E-state index contributed by atoms with van der Waals surface area (Å²) in [5, 5.41) is 4.88. The third-order valence-electron chi connectivity index (χ3n) is 6.14. The van der Waals surface area contributed by atoms with Crippen LogP contribution in [0.4, 0.5) is 11.4 Å². The van der Waals surface area contributed by atoms with Crippen molar-refractivity contribution in [3.05, 3.63) is 118 Å². The molecule has 5 rings (SSSR count). The average Bonchev–Trinajstić information content (AvgIpc) is 3.50. The molecule has 0 spiro atoms. The Bertz CT molecular complexity index is 1650. The third-order valence-corrected chi connectivity index (χ3v) is 7.84. The van der Waals surface area contributed by atoms with Crippen LogP contribution in [0.15, 0.2) is 110 Å². The summed E-state index contributed by atoms with van der Waals surface area (Å²) >= 11 is 4.62. The molecular formula is C31H24BrN3O5S. The fourth-order valence-corrected chi connectivity index (χ4v) is 5.56. The summed E-state index contributed by atoms with van der Waals surface area (Å²) in [7, 11) is 0. The van der Waals surface area contributed by atoms with Gasteiger partial charge in [0.05, 0.1) is 10.9 Å². The molecule has 10 heteroatoms. The quantitative estimate of drug-likeness (QED) is 0.178. The van der Waals surface area contributed by atoms with E-state index in [1.54, 1.807) is 97.9 Å². The van der Waals surface area contributed by atoms with E-state index < -0.39 is 17.1 Å². The van der Waals surface area contributed by atoms with Gasteiger partial charge in [0.25, 0.3) is 11.8 Å². The Morgan fingerprint density at radius 1 is 0.976 bits per heavy atom. The fourth-order valence-electron chi connectivity index (χ4n) is 4.18. The number of aryl methyl sites for hydroxylation is 1. The normalized spacial score (nSPS) is 15.2. The van der Waals surface area contributed by atoms with Crippen molar-refractivity contribution in [1.29, 1.82) is 0 Å². The van der Waals surface area contributed by atoms with E-state index in [-0.39, 0.29) is 23.9 Å². The molecule has 1 aromatic heterocycles. The lowest BCUT2D eigenvalue weighted by atomic mass is 10.2. The number of nitrogens with zero attached hydrogens (tertiary/aromatic N) is 1. The highest BCUT2D eigenvalue weighted by Gasteiger charge is 2.40. The molecule has 1 atom stereocenters. The zero-order chi connectivity index (χ0) is 28.9. The largest absolute Gasteiger partial charge is 0.462 e. The van der Waals surface area contributed by atoms with Crippen LogP contribution in [0.3, 0.4) is 0 Å². The summed E-state index contributed by atoms with van der Waals surface area (Å²) < 4.78 is 6.43. The predicted octanol–water partition coefficient (Wildman–Crippen LogP) is 6.18. The number of carbonyl (C=O) groups excluding carboxylic acids is 4. The van der Waals surface area contributed by atoms with Crippen LogP contribution < -0.4 is 15.5 Å². The van der Waals surface area contributed by atoms with E-state index in [9.17, 15) is 19.2 Å². The minimum atomic E-state index is -0.597. The molecule has 1 fully saturated rings. The third kappa shape index (κ3) is 6.85. The van der Waals surface area contributed by atoms with Crippen LogP contribution in [0, 0.1) is 6.92 Å². The average molecular weight is 631 g/mol. The van der Waals surface area contributed by atoms with E-state index in [2.05, 4.69) is 26.6 Å². The Morgan fingerprint density at radius 3 is 2.44 bits per heavy atom. The molecule has 206 valence electrons. The first-order valence-corrected chi connectivity index (χ1v) is 14.3.